The Morgan fingerprint density at radius 3 is 2.72 bits per heavy atom. The van der Waals surface area contributed by atoms with Gasteiger partial charge in [0, 0.05) is 13.2 Å². The van der Waals surface area contributed by atoms with Gasteiger partial charge >= 0.3 is 0 Å². The van der Waals surface area contributed by atoms with E-state index in [2.05, 4.69) is 19.2 Å². The maximum atomic E-state index is 12.9. The summed E-state index contributed by atoms with van der Waals surface area (Å²) in [5.74, 6) is 0.429. The van der Waals surface area contributed by atoms with E-state index in [0.717, 1.165) is 38.3 Å². The zero-order valence-corrected chi connectivity index (χ0v) is 11.6. The normalized spacial score (nSPS) is 11.2. The molecule has 0 heterocycles. The first kappa shape index (κ1) is 15.1. The van der Waals surface area contributed by atoms with Gasteiger partial charge in [0.2, 0.25) is 0 Å². The molecule has 1 N–H and O–H groups in total. The van der Waals surface area contributed by atoms with Crippen LogP contribution in [-0.2, 0) is 11.2 Å². The first-order chi connectivity index (χ1) is 8.59. The van der Waals surface area contributed by atoms with Crippen LogP contribution in [-0.4, -0.2) is 26.3 Å². The number of benzene rings is 1. The van der Waals surface area contributed by atoms with E-state index in [0.29, 0.717) is 5.92 Å². The van der Waals surface area contributed by atoms with Crippen LogP contribution < -0.4 is 5.32 Å². The van der Waals surface area contributed by atoms with Crippen molar-refractivity contribution >= 4 is 0 Å². The molecule has 0 aliphatic carbocycles. The SMILES string of the molecule is Cc1cc(F)ccc1CCNCCOCC(C)C. The zero-order chi connectivity index (χ0) is 13.4. The number of ether oxygens (including phenoxy) is 1. The molecule has 1 aromatic carbocycles. The summed E-state index contributed by atoms with van der Waals surface area (Å²) in [5, 5.41) is 3.33. The van der Waals surface area contributed by atoms with Crippen LogP contribution in [0.2, 0.25) is 0 Å². The van der Waals surface area contributed by atoms with E-state index in [-0.39, 0.29) is 5.82 Å². The van der Waals surface area contributed by atoms with Crippen molar-refractivity contribution in [1.29, 1.82) is 0 Å². The van der Waals surface area contributed by atoms with Gasteiger partial charge in [-0.05, 0) is 49.1 Å². The summed E-state index contributed by atoms with van der Waals surface area (Å²) < 4.78 is 18.4. The van der Waals surface area contributed by atoms with E-state index in [4.69, 9.17) is 4.74 Å². The Labute approximate surface area is 110 Å². The van der Waals surface area contributed by atoms with Gasteiger partial charge in [-0.25, -0.2) is 4.39 Å². The van der Waals surface area contributed by atoms with Crippen LogP contribution in [0.5, 0.6) is 0 Å². The second-order valence-corrected chi connectivity index (χ2v) is 5.04. The van der Waals surface area contributed by atoms with Gasteiger partial charge in [-0.15, -0.1) is 0 Å². The molecule has 18 heavy (non-hydrogen) atoms. The van der Waals surface area contributed by atoms with Gasteiger partial charge in [-0.1, -0.05) is 19.9 Å². The van der Waals surface area contributed by atoms with Crippen LogP contribution in [0.1, 0.15) is 25.0 Å². The molecular formula is C15H24FNO. The lowest BCUT2D eigenvalue weighted by Crippen LogP contribution is -2.23. The van der Waals surface area contributed by atoms with Gasteiger partial charge < -0.3 is 10.1 Å². The Balaban J connectivity index is 2.11. The Morgan fingerprint density at radius 1 is 1.28 bits per heavy atom. The monoisotopic (exact) mass is 253 g/mol. The van der Waals surface area contributed by atoms with E-state index >= 15 is 0 Å². The quantitative estimate of drug-likeness (QED) is 0.719. The van der Waals surface area contributed by atoms with Gasteiger partial charge in [-0.2, -0.15) is 0 Å². The van der Waals surface area contributed by atoms with Crippen molar-refractivity contribution in [3.05, 3.63) is 35.1 Å². The first-order valence-electron chi connectivity index (χ1n) is 6.63. The summed E-state index contributed by atoms with van der Waals surface area (Å²) >= 11 is 0. The van der Waals surface area contributed by atoms with Crippen LogP contribution >= 0.6 is 0 Å². The van der Waals surface area contributed by atoms with Crippen LogP contribution in [0.15, 0.2) is 18.2 Å². The molecule has 0 saturated heterocycles. The lowest BCUT2D eigenvalue weighted by Gasteiger charge is -2.09. The summed E-state index contributed by atoms with van der Waals surface area (Å²) in [4.78, 5) is 0. The lowest BCUT2D eigenvalue weighted by atomic mass is 10.1. The zero-order valence-electron chi connectivity index (χ0n) is 11.6. The highest BCUT2D eigenvalue weighted by atomic mass is 19.1. The number of halogens is 1. The fraction of sp³-hybridized carbons (Fsp3) is 0.600. The van der Waals surface area contributed by atoms with Crippen LogP contribution in [0.25, 0.3) is 0 Å². The molecule has 0 atom stereocenters. The van der Waals surface area contributed by atoms with Gasteiger partial charge in [0.25, 0.3) is 0 Å². The Kier molecular flexibility index (Phi) is 6.91. The van der Waals surface area contributed by atoms with Gasteiger partial charge in [0.05, 0.1) is 6.61 Å². The molecule has 0 spiro atoms. The Bertz CT molecular complexity index is 352. The lowest BCUT2D eigenvalue weighted by molar-refractivity contribution is 0.112. The predicted octanol–water partition coefficient (Wildman–Crippen LogP) is 2.94. The van der Waals surface area contributed by atoms with Crippen LogP contribution in [0.3, 0.4) is 0 Å². The molecule has 0 bridgehead atoms. The highest BCUT2D eigenvalue weighted by Gasteiger charge is 1.99. The minimum absolute atomic E-state index is 0.161. The van der Waals surface area contributed by atoms with E-state index in [9.17, 15) is 4.39 Å². The molecule has 102 valence electrons. The fourth-order valence-corrected chi connectivity index (χ4v) is 1.75. The summed E-state index contributed by atoms with van der Waals surface area (Å²) in [7, 11) is 0. The molecule has 0 unspecified atom stereocenters. The van der Waals surface area contributed by atoms with Crippen molar-refractivity contribution in [1.82, 2.24) is 5.32 Å². The molecule has 2 nitrogen and oxygen atoms in total. The number of rotatable bonds is 8. The van der Waals surface area contributed by atoms with E-state index < -0.39 is 0 Å². The summed E-state index contributed by atoms with van der Waals surface area (Å²) in [6, 6.07) is 4.97. The van der Waals surface area contributed by atoms with E-state index in [1.807, 2.05) is 13.0 Å². The van der Waals surface area contributed by atoms with Crippen molar-refractivity contribution in [2.75, 3.05) is 26.3 Å². The molecular weight excluding hydrogens is 229 g/mol. The standard InChI is InChI=1S/C15H24FNO/c1-12(2)11-18-9-8-17-7-6-14-4-5-15(16)10-13(14)3/h4-5,10,12,17H,6-9,11H2,1-3H3. The summed E-state index contributed by atoms with van der Waals surface area (Å²) in [6.07, 6.45) is 0.927. The molecule has 1 aromatic rings. The number of aryl methyl sites for hydroxylation is 1. The average Bonchev–Trinajstić information content (AvgIpc) is 2.30. The second-order valence-electron chi connectivity index (χ2n) is 5.04. The van der Waals surface area contributed by atoms with E-state index in [1.165, 1.54) is 11.6 Å². The van der Waals surface area contributed by atoms with Crippen molar-refractivity contribution < 1.29 is 9.13 Å². The van der Waals surface area contributed by atoms with Crippen molar-refractivity contribution in [3.63, 3.8) is 0 Å². The number of hydrogen-bond acceptors (Lipinski definition) is 2. The molecule has 1 rings (SSSR count). The summed E-state index contributed by atoms with van der Waals surface area (Å²) in [6.45, 7) is 9.57. The van der Waals surface area contributed by atoms with Crippen molar-refractivity contribution in [2.45, 2.75) is 27.2 Å². The Morgan fingerprint density at radius 2 is 2.06 bits per heavy atom. The molecule has 0 fully saturated rings. The van der Waals surface area contributed by atoms with Crippen molar-refractivity contribution in [3.8, 4) is 0 Å². The molecule has 0 aliphatic heterocycles. The number of hydrogen-bond donors (Lipinski definition) is 1. The topological polar surface area (TPSA) is 21.3 Å². The molecule has 3 heteroatoms. The molecule has 0 radical (unpaired) electrons. The fourth-order valence-electron chi connectivity index (χ4n) is 1.75. The largest absolute Gasteiger partial charge is 0.380 e. The molecule has 0 amide bonds. The van der Waals surface area contributed by atoms with Crippen LogP contribution in [0.4, 0.5) is 4.39 Å². The van der Waals surface area contributed by atoms with Gasteiger partial charge in [0.15, 0.2) is 0 Å². The molecule has 0 saturated carbocycles. The second kappa shape index (κ2) is 8.22. The summed E-state index contributed by atoms with van der Waals surface area (Å²) in [5.41, 5.74) is 2.22. The van der Waals surface area contributed by atoms with Gasteiger partial charge in [-0.3, -0.25) is 0 Å². The average molecular weight is 253 g/mol. The van der Waals surface area contributed by atoms with E-state index in [1.54, 1.807) is 6.07 Å². The predicted molar refractivity (Wildman–Crippen MR) is 73.4 cm³/mol. The highest BCUT2D eigenvalue weighted by Crippen LogP contribution is 2.10. The maximum Gasteiger partial charge on any atom is 0.123 e. The minimum Gasteiger partial charge on any atom is -0.380 e. The minimum atomic E-state index is -0.161. The third kappa shape index (κ3) is 6.12. The smallest absolute Gasteiger partial charge is 0.123 e. The highest BCUT2D eigenvalue weighted by molar-refractivity contribution is 5.26. The van der Waals surface area contributed by atoms with Crippen LogP contribution in [0, 0.1) is 18.7 Å². The maximum absolute atomic E-state index is 12.9. The number of nitrogens with one attached hydrogen (secondary N) is 1. The van der Waals surface area contributed by atoms with Gasteiger partial charge in [0.1, 0.15) is 5.82 Å². The molecule has 0 aromatic heterocycles. The first-order valence-corrected chi connectivity index (χ1v) is 6.63. The molecule has 0 aliphatic rings. The van der Waals surface area contributed by atoms with Crippen molar-refractivity contribution in [2.24, 2.45) is 5.92 Å². The third-order valence-electron chi connectivity index (χ3n) is 2.75. The third-order valence-corrected chi connectivity index (χ3v) is 2.75. The Hall–Kier alpha value is -0.930.